The van der Waals surface area contributed by atoms with E-state index in [4.69, 9.17) is 9.05 Å². The molecule has 2 heterocycles. The Kier molecular flexibility index (Phi) is 6.02. The van der Waals surface area contributed by atoms with Crippen LogP contribution >= 0.6 is 8.53 Å². The fourth-order valence-electron chi connectivity index (χ4n) is 9.24. The molecule has 2 aliphatic heterocycles. The monoisotopic (exact) mass is 587 g/mol. The largest absolute Gasteiger partial charge is 0.427 e. The molecule has 0 aromatic heterocycles. The average molecular weight is 588 g/mol. The highest BCUT2D eigenvalue weighted by atomic mass is 31.2. The molecule has 1 fully saturated rings. The summed E-state index contributed by atoms with van der Waals surface area (Å²) in [7, 11) is -1.48. The van der Waals surface area contributed by atoms with Gasteiger partial charge in [0.2, 0.25) is 0 Å². The molecule has 4 aliphatic rings. The summed E-state index contributed by atoms with van der Waals surface area (Å²) in [4.78, 5) is 0. The first-order valence-corrected chi connectivity index (χ1v) is 17.1. The van der Waals surface area contributed by atoms with E-state index in [2.05, 4.69) is 131 Å². The Balaban J connectivity index is 1.38. The predicted octanol–water partition coefficient (Wildman–Crippen LogP) is 10.5. The molecular weight excluding hydrogens is 545 g/mol. The van der Waals surface area contributed by atoms with Crippen molar-refractivity contribution in [3.05, 3.63) is 129 Å². The van der Waals surface area contributed by atoms with Crippen LogP contribution in [0, 0.1) is 13.8 Å². The third-order valence-corrected chi connectivity index (χ3v) is 12.3. The predicted molar refractivity (Wildman–Crippen MR) is 176 cm³/mol. The molecule has 0 unspecified atom stereocenters. The summed E-state index contributed by atoms with van der Waals surface area (Å²) in [6, 6.07) is 31.9. The lowest BCUT2D eigenvalue weighted by Gasteiger charge is -2.39. The van der Waals surface area contributed by atoms with Crippen molar-refractivity contribution in [3.8, 4) is 11.5 Å². The van der Waals surface area contributed by atoms with Crippen molar-refractivity contribution in [1.82, 2.24) is 4.67 Å². The van der Waals surface area contributed by atoms with Gasteiger partial charge in [0.25, 0.3) is 0 Å². The highest BCUT2D eigenvalue weighted by Gasteiger charge is 2.60. The van der Waals surface area contributed by atoms with E-state index in [1.807, 2.05) is 0 Å². The molecule has 0 N–H and O–H groups in total. The molecule has 0 saturated carbocycles. The smallest absolute Gasteiger partial charge is 0.385 e. The zero-order chi connectivity index (χ0) is 29.7. The summed E-state index contributed by atoms with van der Waals surface area (Å²) in [6.45, 7) is 14.2. The molecule has 0 bridgehead atoms. The van der Waals surface area contributed by atoms with Crippen LogP contribution in [0.1, 0.15) is 110 Å². The average Bonchev–Trinajstić information content (AvgIpc) is 3.56. The van der Waals surface area contributed by atoms with Crippen molar-refractivity contribution < 1.29 is 9.05 Å². The minimum atomic E-state index is -1.48. The van der Waals surface area contributed by atoms with Gasteiger partial charge in [0.15, 0.2) is 0 Å². The summed E-state index contributed by atoms with van der Waals surface area (Å²) in [5.41, 5.74) is 10.9. The summed E-state index contributed by atoms with van der Waals surface area (Å²) >= 11 is 0. The lowest BCUT2D eigenvalue weighted by molar-refractivity contribution is 0.279. The molecule has 43 heavy (non-hydrogen) atoms. The van der Waals surface area contributed by atoms with Gasteiger partial charge in [0.1, 0.15) is 11.5 Å². The van der Waals surface area contributed by atoms with Crippen LogP contribution in [0.3, 0.4) is 0 Å². The lowest BCUT2D eigenvalue weighted by atomic mass is 9.72. The van der Waals surface area contributed by atoms with Crippen molar-refractivity contribution in [2.75, 3.05) is 0 Å². The van der Waals surface area contributed by atoms with Crippen molar-refractivity contribution >= 4 is 8.53 Å². The molecule has 0 radical (unpaired) electrons. The number of hydrogen-bond donors (Lipinski definition) is 0. The van der Waals surface area contributed by atoms with Gasteiger partial charge in [-0.15, -0.1) is 0 Å². The maximum absolute atomic E-state index is 7.37. The second-order valence-electron chi connectivity index (χ2n) is 14.8. The second-order valence-corrected chi connectivity index (χ2v) is 16.1. The van der Waals surface area contributed by atoms with Crippen molar-refractivity contribution in [3.63, 3.8) is 0 Å². The molecule has 0 amide bonds. The molecule has 1 saturated heterocycles. The van der Waals surface area contributed by atoms with Crippen LogP contribution < -0.4 is 9.05 Å². The topological polar surface area (TPSA) is 21.7 Å². The number of nitrogens with zero attached hydrogens (tertiary/aromatic N) is 1. The SMILES string of the molecule is Cc1cc2c3c(c1)C(C)(C)CC31CC(C)(C)c3cc(C)cc(c31)OP(N1[C@@H](c3ccccc3)CC[C@@H]1c1ccccc1)O2. The lowest BCUT2D eigenvalue weighted by Crippen LogP contribution is -2.30. The molecule has 8 rings (SSSR count). The Morgan fingerprint density at radius 3 is 1.47 bits per heavy atom. The van der Waals surface area contributed by atoms with Crippen molar-refractivity contribution in [2.24, 2.45) is 0 Å². The van der Waals surface area contributed by atoms with Gasteiger partial charge in [-0.2, -0.15) is 0 Å². The molecule has 2 aliphatic carbocycles. The van der Waals surface area contributed by atoms with Gasteiger partial charge in [0.05, 0.1) is 0 Å². The van der Waals surface area contributed by atoms with E-state index >= 15 is 0 Å². The highest BCUT2D eigenvalue weighted by molar-refractivity contribution is 7.45. The Morgan fingerprint density at radius 1 is 0.628 bits per heavy atom. The minimum Gasteiger partial charge on any atom is -0.427 e. The summed E-state index contributed by atoms with van der Waals surface area (Å²) in [5, 5.41) is 0. The fourth-order valence-corrected chi connectivity index (χ4v) is 11.0. The minimum absolute atomic E-state index is 0.0409. The van der Waals surface area contributed by atoms with Gasteiger partial charge in [-0.3, -0.25) is 0 Å². The number of rotatable bonds is 3. The van der Waals surface area contributed by atoms with Crippen LogP contribution in [0.15, 0.2) is 84.9 Å². The van der Waals surface area contributed by atoms with E-state index in [-0.39, 0.29) is 28.3 Å². The van der Waals surface area contributed by atoms with Gasteiger partial charge in [-0.05, 0) is 95.9 Å². The molecule has 4 aromatic rings. The van der Waals surface area contributed by atoms with E-state index in [1.165, 1.54) is 44.5 Å². The number of benzene rings is 4. The molecule has 4 aromatic carbocycles. The first kappa shape index (κ1) is 27.4. The Bertz CT molecular complexity index is 1600. The van der Waals surface area contributed by atoms with E-state index in [1.54, 1.807) is 0 Å². The second kappa shape index (κ2) is 9.43. The van der Waals surface area contributed by atoms with Gasteiger partial charge in [-0.1, -0.05) is 100 Å². The Morgan fingerprint density at radius 2 is 1.05 bits per heavy atom. The van der Waals surface area contributed by atoms with Crippen LogP contribution in [0.4, 0.5) is 0 Å². The van der Waals surface area contributed by atoms with Crippen molar-refractivity contribution in [1.29, 1.82) is 0 Å². The standard InChI is InChI=1S/C39H42NO2P/c1-25-19-29-35-33(21-25)41-43(40-31(27-13-9-7-10-14-27)17-18-32(40)28-15-11-8-12-16-28)42-34-22-26(2)20-30-36(34)39(35,23-37(29,3)4)24-38(30,5)6/h7-16,19-22,31-32H,17-18,23-24H2,1-6H3/t31-,32-,39?/m1/s1. The first-order chi connectivity index (χ1) is 20.6. The third-order valence-electron chi connectivity index (χ3n) is 10.7. The maximum atomic E-state index is 7.37. The van der Waals surface area contributed by atoms with Crippen LogP contribution in [0.2, 0.25) is 0 Å². The Hall–Kier alpha value is -3.13. The third kappa shape index (κ3) is 4.08. The molecule has 2 atom stereocenters. The quantitative estimate of drug-likeness (QED) is 0.223. The van der Waals surface area contributed by atoms with E-state index in [9.17, 15) is 0 Å². The number of aryl methyl sites for hydroxylation is 2. The van der Waals surface area contributed by atoms with Gasteiger partial charge >= 0.3 is 8.53 Å². The summed E-state index contributed by atoms with van der Waals surface area (Å²) in [5.74, 6) is 2.07. The number of hydrogen-bond acceptors (Lipinski definition) is 3. The fraction of sp³-hybridized carbons (Fsp3) is 0.385. The summed E-state index contributed by atoms with van der Waals surface area (Å²) < 4.78 is 17.3. The molecule has 4 heteroatoms. The highest BCUT2D eigenvalue weighted by Crippen LogP contribution is 2.70. The van der Waals surface area contributed by atoms with Crippen molar-refractivity contribution in [2.45, 2.75) is 95.6 Å². The molecule has 220 valence electrons. The Labute approximate surface area is 258 Å². The molecule has 3 nitrogen and oxygen atoms in total. The first-order valence-electron chi connectivity index (χ1n) is 15.9. The maximum Gasteiger partial charge on any atom is 0.385 e. The molecule has 1 spiro atoms. The van der Waals surface area contributed by atoms with Crippen LogP contribution in [0.5, 0.6) is 11.5 Å². The van der Waals surface area contributed by atoms with Gasteiger partial charge in [-0.25, -0.2) is 4.67 Å². The zero-order valence-electron chi connectivity index (χ0n) is 26.3. The molecular formula is C39H42NO2P. The van der Waals surface area contributed by atoms with Crippen LogP contribution in [0.25, 0.3) is 0 Å². The van der Waals surface area contributed by atoms with E-state index < -0.39 is 8.53 Å². The zero-order valence-corrected chi connectivity index (χ0v) is 27.2. The van der Waals surface area contributed by atoms with Crippen LogP contribution in [-0.2, 0) is 16.2 Å². The van der Waals surface area contributed by atoms with Gasteiger partial charge < -0.3 is 9.05 Å². The van der Waals surface area contributed by atoms with Crippen LogP contribution in [-0.4, -0.2) is 4.67 Å². The van der Waals surface area contributed by atoms with E-state index in [0.29, 0.717) is 0 Å². The van der Waals surface area contributed by atoms with Gasteiger partial charge in [0, 0.05) is 28.6 Å². The van der Waals surface area contributed by atoms with E-state index in [0.717, 1.165) is 37.2 Å². The summed E-state index contributed by atoms with van der Waals surface area (Å²) in [6.07, 6.45) is 4.28. The normalized spacial score (nSPS) is 24.4.